The summed E-state index contributed by atoms with van der Waals surface area (Å²) in [6.45, 7) is 2.55. The molecular formula is C24H29F2N7O. The lowest BCUT2D eigenvalue weighted by Gasteiger charge is -2.61. The van der Waals surface area contributed by atoms with Gasteiger partial charge in [-0.2, -0.15) is 5.10 Å². The first-order valence-electron chi connectivity index (χ1n) is 11.7. The summed E-state index contributed by atoms with van der Waals surface area (Å²) in [6, 6.07) is 4.56. The van der Waals surface area contributed by atoms with E-state index in [2.05, 4.69) is 47.8 Å². The lowest BCUT2D eigenvalue weighted by Crippen LogP contribution is -2.78. The van der Waals surface area contributed by atoms with E-state index < -0.39 is 11.7 Å². The Labute approximate surface area is 197 Å². The van der Waals surface area contributed by atoms with E-state index in [4.69, 9.17) is 4.74 Å². The van der Waals surface area contributed by atoms with Crippen molar-refractivity contribution in [2.75, 3.05) is 20.2 Å². The average Bonchev–Trinajstić information content (AvgIpc) is 3.37. The minimum absolute atomic E-state index is 0.125. The van der Waals surface area contributed by atoms with Crippen LogP contribution in [0.2, 0.25) is 0 Å². The monoisotopic (exact) mass is 469 g/mol. The molecule has 10 heteroatoms. The second-order valence-electron chi connectivity index (χ2n) is 9.77. The predicted octanol–water partition coefficient (Wildman–Crippen LogP) is 2.31. The van der Waals surface area contributed by atoms with Crippen molar-refractivity contribution in [2.45, 2.75) is 55.6 Å². The molecule has 4 fully saturated rings. The highest BCUT2D eigenvalue weighted by molar-refractivity contribution is 5.74. The molecule has 1 aliphatic carbocycles. The lowest BCUT2D eigenvalue weighted by molar-refractivity contribution is -0.134. The van der Waals surface area contributed by atoms with Gasteiger partial charge in [0.05, 0.1) is 13.3 Å². The number of allylic oxidation sites excluding steroid dienone is 2. The van der Waals surface area contributed by atoms with Crippen LogP contribution in [-0.2, 0) is 6.54 Å². The van der Waals surface area contributed by atoms with Crippen molar-refractivity contribution in [3.05, 3.63) is 60.2 Å². The number of pyridine rings is 1. The van der Waals surface area contributed by atoms with Crippen LogP contribution >= 0.6 is 0 Å². The number of nitrogens with one attached hydrogen (secondary N) is 3. The van der Waals surface area contributed by atoms with Gasteiger partial charge < -0.3 is 10.1 Å². The van der Waals surface area contributed by atoms with Crippen molar-refractivity contribution < 1.29 is 13.5 Å². The van der Waals surface area contributed by atoms with Crippen molar-refractivity contribution >= 4 is 5.57 Å². The first-order valence-corrected chi connectivity index (χ1v) is 11.7. The van der Waals surface area contributed by atoms with Gasteiger partial charge in [-0.25, -0.2) is 13.8 Å². The summed E-state index contributed by atoms with van der Waals surface area (Å²) < 4.78 is 32.4. The van der Waals surface area contributed by atoms with Gasteiger partial charge in [-0.05, 0) is 18.1 Å². The van der Waals surface area contributed by atoms with E-state index in [1.807, 2.05) is 30.7 Å². The molecule has 5 aliphatic rings. The smallest absolute Gasteiger partial charge is 0.251 e. The molecule has 6 heterocycles. The second-order valence-corrected chi connectivity index (χ2v) is 9.77. The number of hydrogen-bond acceptors (Lipinski definition) is 7. The molecule has 0 amide bonds. The largest absolute Gasteiger partial charge is 0.481 e. The minimum Gasteiger partial charge on any atom is -0.481 e. The fraction of sp³-hybridized carbons (Fsp3) is 0.500. The van der Waals surface area contributed by atoms with Crippen LogP contribution in [0.15, 0.2) is 49.1 Å². The van der Waals surface area contributed by atoms with Gasteiger partial charge in [0.25, 0.3) is 5.92 Å². The number of piperazine rings is 1. The molecule has 2 bridgehead atoms. The van der Waals surface area contributed by atoms with Crippen LogP contribution in [0, 0.1) is 0 Å². The molecule has 7 rings (SSSR count). The van der Waals surface area contributed by atoms with Gasteiger partial charge in [-0.15, -0.1) is 0 Å². The number of H-pyrrole nitrogens is 1. The summed E-state index contributed by atoms with van der Waals surface area (Å²) in [5.41, 5.74) is 3.14. The third-order valence-electron chi connectivity index (χ3n) is 7.51. The van der Waals surface area contributed by atoms with Gasteiger partial charge in [-0.3, -0.25) is 20.2 Å². The number of fused-ring (bicyclic) bond motifs is 2. The summed E-state index contributed by atoms with van der Waals surface area (Å²) in [4.78, 5) is 9.21. The molecule has 8 nitrogen and oxygen atoms in total. The summed E-state index contributed by atoms with van der Waals surface area (Å²) in [5, 5.41) is 13.9. The van der Waals surface area contributed by atoms with Gasteiger partial charge in [0.15, 0.2) is 5.79 Å². The summed E-state index contributed by atoms with van der Waals surface area (Å²) in [5.74, 6) is -2.63. The first kappa shape index (κ1) is 21.7. The Morgan fingerprint density at radius 1 is 1.21 bits per heavy atom. The maximum absolute atomic E-state index is 13.6. The van der Waals surface area contributed by atoms with Crippen LogP contribution in [0.1, 0.15) is 30.4 Å². The Morgan fingerprint density at radius 3 is 2.62 bits per heavy atom. The quantitative estimate of drug-likeness (QED) is 0.574. The number of piperidine rings is 1. The second kappa shape index (κ2) is 8.14. The van der Waals surface area contributed by atoms with E-state index in [9.17, 15) is 8.78 Å². The maximum atomic E-state index is 13.6. The fourth-order valence-corrected chi connectivity index (χ4v) is 5.60. The Kier molecular flexibility index (Phi) is 5.20. The number of alkyl halides is 2. The Bertz CT molecular complexity index is 1070. The first-order chi connectivity index (χ1) is 16.4. The molecule has 34 heavy (non-hydrogen) atoms. The lowest BCUT2D eigenvalue weighted by atomic mass is 9.84. The van der Waals surface area contributed by atoms with E-state index in [-0.39, 0.29) is 18.9 Å². The number of aromatic nitrogens is 3. The zero-order chi connectivity index (χ0) is 23.3. The van der Waals surface area contributed by atoms with E-state index in [1.165, 1.54) is 0 Å². The highest BCUT2D eigenvalue weighted by Gasteiger charge is 2.53. The van der Waals surface area contributed by atoms with E-state index in [0.717, 1.165) is 42.8 Å². The molecule has 3 saturated heterocycles. The number of dihydropyridines is 1. The van der Waals surface area contributed by atoms with Crippen LogP contribution in [0.25, 0.3) is 5.57 Å². The predicted molar refractivity (Wildman–Crippen MR) is 123 cm³/mol. The van der Waals surface area contributed by atoms with Gasteiger partial charge in [-0.1, -0.05) is 12.1 Å². The number of hydrogen-bond donors (Lipinski definition) is 3. The standard InChI is InChI=1S/C24H29F2N7O/c1-34-22-3-2-16(9-27-22)13-33-20-6-21(33)15-32(14-20)24(31-19-7-23(25,26)8-19)5-4-17(10-28-24)18-11-29-30-12-18/h2-5,9-12,19-21,28,31H,6-8,13-15H2,1H3,(H,29,30). The Hall–Kier alpha value is -2.82. The zero-order valence-electron chi connectivity index (χ0n) is 19.0. The van der Waals surface area contributed by atoms with Crippen molar-refractivity contribution in [1.82, 2.24) is 35.6 Å². The van der Waals surface area contributed by atoms with Crippen molar-refractivity contribution in [3.63, 3.8) is 0 Å². The molecule has 2 aromatic heterocycles. The van der Waals surface area contributed by atoms with E-state index >= 15 is 0 Å². The maximum Gasteiger partial charge on any atom is 0.251 e. The van der Waals surface area contributed by atoms with Crippen LogP contribution in [-0.4, -0.2) is 75.0 Å². The fourth-order valence-electron chi connectivity index (χ4n) is 5.60. The number of methoxy groups -OCH3 is 1. The third kappa shape index (κ3) is 3.89. The number of ether oxygens (including phenoxy) is 1. The van der Waals surface area contributed by atoms with Crippen LogP contribution in [0.4, 0.5) is 8.78 Å². The van der Waals surface area contributed by atoms with Crippen LogP contribution in [0.5, 0.6) is 5.88 Å². The van der Waals surface area contributed by atoms with Crippen molar-refractivity contribution in [2.24, 2.45) is 0 Å². The van der Waals surface area contributed by atoms with Crippen molar-refractivity contribution in [1.29, 1.82) is 0 Å². The number of aromatic amines is 1. The van der Waals surface area contributed by atoms with Gasteiger partial charge in [0.1, 0.15) is 0 Å². The molecular weight excluding hydrogens is 440 g/mol. The molecule has 2 aromatic rings. The van der Waals surface area contributed by atoms with Gasteiger partial charge >= 0.3 is 0 Å². The zero-order valence-corrected chi connectivity index (χ0v) is 19.0. The third-order valence-corrected chi connectivity index (χ3v) is 7.51. The molecule has 0 aromatic carbocycles. The summed E-state index contributed by atoms with van der Waals surface area (Å²) in [7, 11) is 1.62. The SMILES string of the molecule is COc1ccc(CN2C3CC2CN(C2(NC4CC(F)(F)C4)C=CC(c4cn[nH]c4)=CN2)C3)cn1. The number of rotatable bonds is 7. The summed E-state index contributed by atoms with van der Waals surface area (Å²) >= 11 is 0. The molecule has 0 radical (unpaired) electrons. The molecule has 180 valence electrons. The molecule has 3 N–H and O–H groups in total. The minimum atomic E-state index is -2.57. The van der Waals surface area contributed by atoms with Crippen LogP contribution < -0.4 is 15.4 Å². The highest BCUT2D eigenvalue weighted by atomic mass is 19.3. The number of nitrogens with zero attached hydrogens (tertiary/aromatic N) is 4. The topological polar surface area (TPSA) is 81.3 Å². The van der Waals surface area contributed by atoms with E-state index in [1.54, 1.807) is 13.3 Å². The summed E-state index contributed by atoms with van der Waals surface area (Å²) in [6.07, 6.45) is 12.5. The normalized spacial score (nSPS) is 30.7. The number of halogens is 2. The Morgan fingerprint density at radius 2 is 2.03 bits per heavy atom. The van der Waals surface area contributed by atoms with Crippen molar-refractivity contribution in [3.8, 4) is 5.88 Å². The van der Waals surface area contributed by atoms with Gasteiger partial charge in [0, 0.05) is 86.4 Å². The molecule has 3 unspecified atom stereocenters. The van der Waals surface area contributed by atoms with E-state index in [0.29, 0.717) is 18.0 Å². The molecule has 1 saturated carbocycles. The highest BCUT2D eigenvalue weighted by Crippen LogP contribution is 2.41. The average molecular weight is 470 g/mol. The Balaban J connectivity index is 1.16. The molecule has 4 aliphatic heterocycles. The van der Waals surface area contributed by atoms with Gasteiger partial charge in [0.2, 0.25) is 5.88 Å². The molecule has 0 spiro atoms. The molecule has 3 atom stereocenters. The van der Waals surface area contributed by atoms with Crippen LogP contribution in [0.3, 0.4) is 0 Å².